The van der Waals surface area contributed by atoms with E-state index in [0.29, 0.717) is 11.8 Å². The first-order valence-corrected chi connectivity index (χ1v) is 21.0. The molecule has 8 aromatic carbocycles. The molecule has 57 heavy (non-hydrogen) atoms. The summed E-state index contributed by atoms with van der Waals surface area (Å²) in [6.45, 7) is 5.11. The Hall–Kier alpha value is -6.12. The van der Waals surface area contributed by atoms with Gasteiger partial charge in [-0.25, -0.2) is 0 Å². The number of benzene rings is 8. The Bertz CT molecular complexity index is 2580. The van der Waals surface area contributed by atoms with Crippen molar-refractivity contribution in [2.45, 2.75) is 44.9 Å². The molecule has 0 aliphatic heterocycles. The minimum Gasteiger partial charge on any atom is -0.310 e. The lowest BCUT2D eigenvalue weighted by atomic mass is 9.49. The predicted octanol–water partition coefficient (Wildman–Crippen LogP) is 15.3. The topological polar surface area (TPSA) is 6.48 Å². The molecule has 3 aliphatic carbocycles. The lowest BCUT2D eigenvalue weighted by Gasteiger charge is -2.54. The number of para-hydroxylation sites is 2. The van der Waals surface area contributed by atoms with Crippen LogP contribution in [-0.2, 0) is 5.41 Å². The summed E-state index contributed by atoms with van der Waals surface area (Å²) >= 11 is 0. The van der Waals surface area contributed by atoms with Gasteiger partial charge in [-0.3, -0.25) is 0 Å². The van der Waals surface area contributed by atoms with Crippen molar-refractivity contribution >= 4 is 55.7 Å². The first-order chi connectivity index (χ1) is 28.1. The van der Waals surface area contributed by atoms with E-state index in [1.165, 1.54) is 104 Å². The van der Waals surface area contributed by atoms with Crippen molar-refractivity contribution in [2.24, 2.45) is 23.7 Å². The summed E-state index contributed by atoms with van der Waals surface area (Å²) in [5.74, 6) is 2.60. The zero-order valence-electron chi connectivity index (χ0n) is 32.9. The van der Waals surface area contributed by atoms with E-state index < -0.39 is 0 Å². The Morgan fingerprint density at radius 3 is 1.42 bits per heavy atom. The highest BCUT2D eigenvalue weighted by Gasteiger charge is 2.57. The van der Waals surface area contributed by atoms with Gasteiger partial charge < -0.3 is 9.80 Å². The Morgan fingerprint density at radius 1 is 0.421 bits per heavy atom. The van der Waals surface area contributed by atoms with Gasteiger partial charge in [0.15, 0.2) is 0 Å². The minimum atomic E-state index is -0.0932. The standard InChI is InChI=1S/C55H48N2/c1-37-31-39-33-38(2)55(42(32-37)34-39)51-35-45(56(43-19-5-3-6-20-43)53-25-13-17-40-15-9-11-23-47(40)53)27-29-49(51)50-30-28-46(36-52(50)55)57(44-21-7-4-8-22-44)54-26-14-18-41-16-10-12-24-48(41)54/h3-30,35-39,42H,31-34H2,1-2H3. The van der Waals surface area contributed by atoms with E-state index in [4.69, 9.17) is 0 Å². The highest BCUT2D eigenvalue weighted by molar-refractivity contribution is 6.01. The first kappa shape index (κ1) is 34.2. The van der Waals surface area contributed by atoms with Gasteiger partial charge in [-0.15, -0.1) is 0 Å². The van der Waals surface area contributed by atoms with Crippen molar-refractivity contribution in [3.05, 3.63) is 193 Å². The molecule has 2 heteroatoms. The highest BCUT2D eigenvalue weighted by Crippen LogP contribution is 2.65. The summed E-state index contributed by atoms with van der Waals surface area (Å²) in [6.07, 6.45) is 5.21. The molecule has 4 atom stereocenters. The second-order valence-corrected chi connectivity index (χ2v) is 17.2. The van der Waals surface area contributed by atoms with Gasteiger partial charge in [-0.05, 0) is 143 Å². The van der Waals surface area contributed by atoms with Gasteiger partial charge in [0.25, 0.3) is 0 Å². The van der Waals surface area contributed by atoms with Crippen LogP contribution in [0.4, 0.5) is 34.1 Å². The maximum Gasteiger partial charge on any atom is 0.0540 e. The molecule has 0 saturated heterocycles. The fourth-order valence-electron chi connectivity index (χ4n) is 11.8. The number of fused-ring (bicyclic) bond motifs is 10. The van der Waals surface area contributed by atoms with E-state index in [0.717, 1.165) is 11.8 Å². The van der Waals surface area contributed by atoms with Gasteiger partial charge in [-0.1, -0.05) is 135 Å². The second kappa shape index (κ2) is 13.5. The van der Waals surface area contributed by atoms with Crippen molar-refractivity contribution < 1.29 is 0 Å². The van der Waals surface area contributed by atoms with E-state index >= 15 is 0 Å². The van der Waals surface area contributed by atoms with Crippen LogP contribution in [0, 0.1) is 23.7 Å². The summed E-state index contributed by atoms with van der Waals surface area (Å²) in [5.41, 5.74) is 13.0. The molecule has 3 aliphatic rings. The molecular weight excluding hydrogens is 689 g/mol. The molecule has 278 valence electrons. The van der Waals surface area contributed by atoms with Crippen LogP contribution in [0.25, 0.3) is 32.7 Å². The van der Waals surface area contributed by atoms with Crippen LogP contribution in [0.15, 0.2) is 182 Å². The van der Waals surface area contributed by atoms with Crippen LogP contribution < -0.4 is 9.80 Å². The van der Waals surface area contributed by atoms with Gasteiger partial charge in [0.1, 0.15) is 0 Å². The average molecular weight is 737 g/mol. The predicted molar refractivity (Wildman–Crippen MR) is 241 cm³/mol. The molecule has 0 amide bonds. The molecular formula is C55H48N2. The number of hydrogen-bond donors (Lipinski definition) is 0. The van der Waals surface area contributed by atoms with Crippen molar-refractivity contribution in [1.82, 2.24) is 0 Å². The van der Waals surface area contributed by atoms with E-state index in [1.54, 1.807) is 0 Å². The summed E-state index contributed by atoms with van der Waals surface area (Å²) in [7, 11) is 0. The van der Waals surface area contributed by atoms with Gasteiger partial charge in [0.2, 0.25) is 0 Å². The minimum absolute atomic E-state index is 0.0932. The molecule has 0 radical (unpaired) electrons. The molecule has 11 rings (SSSR count). The van der Waals surface area contributed by atoms with Crippen LogP contribution in [0.1, 0.15) is 50.7 Å². The Kier molecular flexibility index (Phi) is 8.10. The van der Waals surface area contributed by atoms with Crippen LogP contribution >= 0.6 is 0 Å². The Labute approximate surface area is 337 Å². The molecule has 2 bridgehead atoms. The average Bonchev–Trinajstić information content (AvgIpc) is 3.54. The first-order valence-electron chi connectivity index (χ1n) is 21.0. The summed E-state index contributed by atoms with van der Waals surface area (Å²) in [5, 5.41) is 5.03. The lowest BCUT2D eigenvalue weighted by molar-refractivity contribution is 0.0426. The fraction of sp³-hybridized carbons (Fsp3) is 0.200. The smallest absolute Gasteiger partial charge is 0.0540 e. The van der Waals surface area contributed by atoms with Crippen LogP contribution in [0.3, 0.4) is 0 Å². The Morgan fingerprint density at radius 2 is 0.895 bits per heavy atom. The molecule has 0 N–H and O–H groups in total. The number of rotatable bonds is 6. The van der Waals surface area contributed by atoms with Crippen molar-refractivity contribution in [3.63, 3.8) is 0 Å². The lowest BCUT2D eigenvalue weighted by Crippen LogP contribution is -2.49. The molecule has 1 spiro atoms. The van der Waals surface area contributed by atoms with Crippen molar-refractivity contribution in [1.29, 1.82) is 0 Å². The number of anilines is 6. The van der Waals surface area contributed by atoms with Gasteiger partial charge >= 0.3 is 0 Å². The normalized spacial score (nSPS) is 20.3. The second-order valence-electron chi connectivity index (χ2n) is 17.2. The molecule has 4 unspecified atom stereocenters. The SMILES string of the molecule is CC1CC2CC(C)C3(c4cc(N(c5ccccc5)c5cccc6ccccc56)ccc4-c4ccc(N(c5ccccc5)c5cccc6ccccc56)cc43)C(C1)C2. The largest absolute Gasteiger partial charge is 0.310 e. The van der Waals surface area contributed by atoms with Crippen LogP contribution in [-0.4, -0.2) is 0 Å². The van der Waals surface area contributed by atoms with E-state index in [2.05, 4.69) is 206 Å². The third kappa shape index (κ3) is 5.37. The quantitative estimate of drug-likeness (QED) is 0.168. The van der Waals surface area contributed by atoms with Gasteiger partial charge in [0.05, 0.1) is 11.4 Å². The molecule has 2 nitrogen and oxygen atoms in total. The monoisotopic (exact) mass is 736 g/mol. The van der Waals surface area contributed by atoms with E-state index in [1.807, 2.05) is 0 Å². The highest BCUT2D eigenvalue weighted by atomic mass is 15.1. The van der Waals surface area contributed by atoms with Crippen LogP contribution in [0.5, 0.6) is 0 Å². The third-order valence-corrected chi connectivity index (χ3v) is 13.9. The summed E-state index contributed by atoms with van der Waals surface area (Å²) < 4.78 is 0. The van der Waals surface area contributed by atoms with Gasteiger partial charge in [0, 0.05) is 38.9 Å². The van der Waals surface area contributed by atoms with Crippen molar-refractivity contribution in [3.8, 4) is 11.1 Å². The zero-order chi connectivity index (χ0) is 38.1. The van der Waals surface area contributed by atoms with Gasteiger partial charge in [-0.2, -0.15) is 0 Å². The fourth-order valence-corrected chi connectivity index (χ4v) is 11.8. The summed E-state index contributed by atoms with van der Waals surface area (Å²) in [4.78, 5) is 5.00. The molecule has 0 aromatic heterocycles. The van der Waals surface area contributed by atoms with Crippen LogP contribution in [0.2, 0.25) is 0 Å². The molecule has 2 saturated carbocycles. The molecule has 2 fully saturated rings. The van der Waals surface area contributed by atoms with Crippen molar-refractivity contribution in [2.75, 3.05) is 9.80 Å². The number of hydrogen-bond acceptors (Lipinski definition) is 2. The summed E-state index contributed by atoms with van der Waals surface area (Å²) in [6, 6.07) is 68.0. The van der Waals surface area contributed by atoms with E-state index in [-0.39, 0.29) is 5.41 Å². The maximum atomic E-state index is 2.61. The zero-order valence-corrected chi connectivity index (χ0v) is 32.9. The third-order valence-electron chi connectivity index (χ3n) is 13.9. The Balaban J connectivity index is 1.15. The maximum absolute atomic E-state index is 2.61. The van der Waals surface area contributed by atoms with E-state index in [9.17, 15) is 0 Å². The molecule has 0 heterocycles. The molecule has 8 aromatic rings. The number of nitrogens with zero attached hydrogens (tertiary/aromatic N) is 2.